The predicted octanol–water partition coefficient (Wildman–Crippen LogP) is 1.76. The molecule has 0 heterocycles. The summed E-state index contributed by atoms with van der Waals surface area (Å²) in [6.07, 6.45) is 9.76. The molecule has 2 heteroatoms. The van der Waals surface area contributed by atoms with Gasteiger partial charge in [0.15, 0.2) is 0 Å². The van der Waals surface area contributed by atoms with Gasteiger partial charge in [0.2, 0.25) is 0 Å². The largest absolute Gasteiger partial charge is 0.324 e. The maximum atomic E-state index is 5.86. The summed E-state index contributed by atoms with van der Waals surface area (Å²) >= 11 is 0. The standard InChI is InChI=1S/C12H22N2/c1-2-7-14(12-5-6-12)9-10-3-4-11(13)8-10/h3-4,10-12H,2,5-9,13H2,1H3. The van der Waals surface area contributed by atoms with Crippen LogP contribution in [0.3, 0.4) is 0 Å². The van der Waals surface area contributed by atoms with Gasteiger partial charge in [0.1, 0.15) is 0 Å². The van der Waals surface area contributed by atoms with Crippen LogP contribution in [0.15, 0.2) is 12.2 Å². The molecule has 0 amide bonds. The molecular weight excluding hydrogens is 172 g/mol. The van der Waals surface area contributed by atoms with Gasteiger partial charge in [-0.1, -0.05) is 19.1 Å². The van der Waals surface area contributed by atoms with Gasteiger partial charge in [-0.25, -0.2) is 0 Å². The van der Waals surface area contributed by atoms with Crippen LogP contribution in [0.4, 0.5) is 0 Å². The van der Waals surface area contributed by atoms with Crippen molar-refractivity contribution >= 4 is 0 Å². The summed E-state index contributed by atoms with van der Waals surface area (Å²) in [7, 11) is 0. The maximum Gasteiger partial charge on any atom is 0.0229 e. The summed E-state index contributed by atoms with van der Waals surface area (Å²) in [5.74, 6) is 0.720. The van der Waals surface area contributed by atoms with Crippen molar-refractivity contribution in [3.8, 4) is 0 Å². The third kappa shape index (κ3) is 2.58. The Hall–Kier alpha value is -0.340. The minimum atomic E-state index is 0.322. The Kier molecular flexibility index (Phi) is 3.24. The molecule has 2 unspecified atom stereocenters. The minimum Gasteiger partial charge on any atom is -0.324 e. The van der Waals surface area contributed by atoms with E-state index in [-0.39, 0.29) is 0 Å². The lowest BCUT2D eigenvalue weighted by Gasteiger charge is -2.24. The van der Waals surface area contributed by atoms with Gasteiger partial charge < -0.3 is 5.73 Å². The molecule has 2 rings (SSSR count). The molecule has 2 N–H and O–H groups in total. The van der Waals surface area contributed by atoms with Crippen LogP contribution >= 0.6 is 0 Å². The Morgan fingerprint density at radius 1 is 1.36 bits per heavy atom. The fourth-order valence-electron chi connectivity index (χ4n) is 2.39. The van der Waals surface area contributed by atoms with E-state index < -0.39 is 0 Å². The second kappa shape index (κ2) is 4.45. The highest BCUT2D eigenvalue weighted by molar-refractivity contribution is 5.05. The van der Waals surface area contributed by atoms with Crippen molar-refractivity contribution in [2.75, 3.05) is 13.1 Å². The number of nitrogens with zero attached hydrogens (tertiary/aromatic N) is 1. The van der Waals surface area contributed by atoms with E-state index >= 15 is 0 Å². The quantitative estimate of drug-likeness (QED) is 0.676. The molecule has 0 aromatic heterocycles. The zero-order valence-corrected chi connectivity index (χ0v) is 9.15. The number of nitrogens with two attached hydrogens (primary N) is 1. The summed E-state index contributed by atoms with van der Waals surface area (Å²) in [5, 5.41) is 0. The normalized spacial score (nSPS) is 31.6. The van der Waals surface area contributed by atoms with Crippen LogP contribution in [0.25, 0.3) is 0 Å². The van der Waals surface area contributed by atoms with Crippen molar-refractivity contribution in [3.63, 3.8) is 0 Å². The van der Waals surface area contributed by atoms with Crippen LogP contribution in [0.2, 0.25) is 0 Å². The zero-order valence-electron chi connectivity index (χ0n) is 9.15. The molecule has 0 aromatic carbocycles. The molecule has 2 nitrogen and oxygen atoms in total. The van der Waals surface area contributed by atoms with E-state index in [9.17, 15) is 0 Å². The van der Waals surface area contributed by atoms with E-state index in [2.05, 4.69) is 24.0 Å². The van der Waals surface area contributed by atoms with Crippen LogP contribution in [-0.2, 0) is 0 Å². The Morgan fingerprint density at radius 2 is 2.14 bits per heavy atom. The molecule has 1 fully saturated rings. The lowest BCUT2D eigenvalue weighted by Crippen LogP contribution is -2.32. The Balaban J connectivity index is 1.78. The molecular formula is C12H22N2. The van der Waals surface area contributed by atoms with Crippen molar-refractivity contribution in [1.29, 1.82) is 0 Å². The van der Waals surface area contributed by atoms with Gasteiger partial charge in [-0.15, -0.1) is 0 Å². The molecule has 0 spiro atoms. The summed E-state index contributed by atoms with van der Waals surface area (Å²) in [6.45, 7) is 4.78. The second-order valence-electron chi connectivity index (χ2n) is 4.77. The van der Waals surface area contributed by atoms with Crippen molar-refractivity contribution in [2.24, 2.45) is 11.7 Å². The highest BCUT2D eigenvalue weighted by Crippen LogP contribution is 2.29. The molecule has 0 radical (unpaired) electrons. The average molecular weight is 194 g/mol. The van der Waals surface area contributed by atoms with Crippen LogP contribution in [0, 0.1) is 5.92 Å². The first kappa shape index (κ1) is 10.2. The second-order valence-corrected chi connectivity index (χ2v) is 4.77. The Bertz CT molecular complexity index is 208. The van der Waals surface area contributed by atoms with Gasteiger partial charge in [-0.05, 0) is 38.1 Å². The van der Waals surface area contributed by atoms with E-state index in [4.69, 9.17) is 5.73 Å². The van der Waals surface area contributed by atoms with Gasteiger partial charge in [0, 0.05) is 18.6 Å². The smallest absolute Gasteiger partial charge is 0.0229 e. The van der Waals surface area contributed by atoms with Crippen molar-refractivity contribution in [3.05, 3.63) is 12.2 Å². The van der Waals surface area contributed by atoms with Crippen LogP contribution in [0.5, 0.6) is 0 Å². The topological polar surface area (TPSA) is 29.3 Å². The average Bonchev–Trinajstić information content (AvgIpc) is 2.91. The molecule has 0 aliphatic heterocycles. The summed E-state index contributed by atoms with van der Waals surface area (Å²) in [4.78, 5) is 2.66. The van der Waals surface area contributed by atoms with Gasteiger partial charge in [0.25, 0.3) is 0 Å². The molecule has 2 atom stereocenters. The fraction of sp³-hybridized carbons (Fsp3) is 0.833. The lowest BCUT2D eigenvalue weighted by molar-refractivity contribution is 0.236. The van der Waals surface area contributed by atoms with Crippen molar-refractivity contribution < 1.29 is 0 Å². The molecule has 80 valence electrons. The molecule has 2 aliphatic rings. The van der Waals surface area contributed by atoms with Crippen molar-refractivity contribution in [2.45, 2.75) is 44.7 Å². The van der Waals surface area contributed by atoms with Gasteiger partial charge >= 0.3 is 0 Å². The van der Waals surface area contributed by atoms with Gasteiger partial charge in [0.05, 0.1) is 0 Å². The third-order valence-electron chi connectivity index (χ3n) is 3.25. The Morgan fingerprint density at radius 3 is 2.64 bits per heavy atom. The maximum absolute atomic E-state index is 5.86. The fourth-order valence-corrected chi connectivity index (χ4v) is 2.39. The third-order valence-corrected chi connectivity index (χ3v) is 3.25. The lowest BCUT2D eigenvalue weighted by atomic mass is 10.1. The predicted molar refractivity (Wildman–Crippen MR) is 60.1 cm³/mol. The summed E-state index contributed by atoms with van der Waals surface area (Å²) in [5.41, 5.74) is 5.86. The van der Waals surface area contributed by atoms with Gasteiger partial charge in [-0.2, -0.15) is 0 Å². The van der Waals surface area contributed by atoms with E-state index in [0.29, 0.717) is 6.04 Å². The molecule has 2 aliphatic carbocycles. The monoisotopic (exact) mass is 194 g/mol. The molecule has 0 saturated heterocycles. The van der Waals surface area contributed by atoms with E-state index in [1.165, 1.54) is 32.4 Å². The van der Waals surface area contributed by atoms with E-state index in [1.807, 2.05) is 0 Å². The number of hydrogen-bond donors (Lipinski definition) is 1. The number of rotatable bonds is 5. The van der Waals surface area contributed by atoms with E-state index in [0.717, 1.165) is 18.4 Å². The highest BCUT2D eigenvalue weighted by Gasteiger charge is 2.30. The van der Waals surface area contributed by atoms with Crippen molar-refractivity contribution in [1.82, 2.24) is 4.90 Å². The highest BCUT2D eigenvalue weighted by atomic mass is 15.2. The first-order chi connectivity index (χ1) is 6.79. The zero-order chi connectivity index (χ0) is 9.97. The molecule has 0 aromatic rings. The molecule has 1 saturated carbocycles. The number of hydrogen-bond acceptors (Lipinski definition) is 2. The van der Waals surface area contributed by atoms with Crippen LogP contribution in [-0.4, -0.2) is 30.1 Å². The van der Waals surface area contributed by atoms with Gasteiger partial charge in [-0.3, -0.25) is 4.90 Å². The summed E-state index contributed by atoms with van der Waals surface area (Å²) in [6, 6.07) is 1.22. The van der Waals surface area contributed by atoms with Crippen LogP contribution < -0.4 is 5.73 Å². The molecule has 0 bridgehead atoms. The van der Waals surface area contributed by atoms with E-state index in [1.54, 1.807) is 0 Å². The first-order valence-corrected chi connectivity index (χ1v) is 5.97. The Labute approximate surface area is 87.2 Å². The minimum absolute atomic E-state index is 0.322. The molecule has 14 heavy (non-hydrogen) atoms. The summed E-state index contributed by atoms with van der Waals surface area (Å²) < 4.78 is 0. The SMILES string of the molecule is CCCN(CC1C=CC(N)C1)C1CC1. The van der Waals surface area contributed by atoms with Crippen LogP contribution in [0.1, 0.15) is 32.6 Å². The first-order valence-electron chi connectivity index (χ1n) is 5.97.